The first-order valence-electron chi connectivity index (χ1n) is 8.16. The molecule has 0 saturated carbocycles. The maximum atomic E-state index is 12.0. The molecule has 0 bridgehead atoms. The van der Waals surface area contributed by atoms with Gasteiger partial charge in [0.25, 0.3) is 5.91 Å². The van der Waals surface area contributed by atoms with E-state index in [-0.39, 0.29) is 24.0 Å². The molecule has 1 aliphatic rings. The van der Waals surface area contributed by atoms with Crippen molar-refractivity contribution in [3.8, 4) is 0 Å². The summed E-state index contributed by atoms with van der Waals surface area (Å²) in [6, 6.07) is 5.64. The third-order valence-electron chi connectivity index (χ3n) is 3.66. The molecule has 1 aliphatic heterocycles. The summed E-state index contributed by atoms with van der Waals surface area (Å²) < 4.78 is 36.5. The number of hydrogen-bond acceptors (Lipinski definition) is 6. The molecule has 1 heterocycles. The fourth-order valence-corrected chi connectivity index (χ4v) is 3.44. The lowest BCUT2D eigenvalue weighted by Crippen LogP contribution is -2.35. The molecule has 0 radical (unpaired) electrons. The molecule has 10 heteroatoms. The van der Waals surface area contributed by atoms with Crippen LogP contribution in [0.2, 0.25) is 5.02 Å². The van der Waals surface area contributed by atoms with Gasteiger partial charge in [-0.3, -0.25) is 9.59 Å². The number of amides is 1. The summed E-state index contributed by atoms with van der Waals surface area (Å²) in [6.45, 7) is 0.537. The van der Waals surface area contributed by atoms with Gasteiger partial charge in [-0.25, -0.2) is 13.1 Å². The number of hydrogen-bond donors (Lipinski definition) is 2. The van der Waals surface area contributed by atoms with Gasteiger partial charge in [0.2, 0.25) is 10.0 Å². The first kappa shape index (κ1) is 20.6. The molecule has 26 heavy (non-hydrogen) atoms. The van der Waals surface area contributed by atoms with Crippen LogP contribution in [0.1, 0.15) is 19.3 Å². The maximum absolute atomic E-state index is 12.0. The summed E-state index contributed by atoms with van der Waals surface area (Å²) in [5.74, 6) is -1.09. The van der Waals surface area contributed by atoms with Gasteiger partial charge in [-0.15, -0.1) is 0 Å². The van der Waals surface area contributed by atoms with Crippen molar-refractivity contribution < 1.29 is 27.5 Å². The van der Waals surface area contributed by atoms with Crippen LogP contribution in [0.4, 0.5) is 0 Å². The standard InChI is InChI=1S/C16H21ClN2O6S/c17-12-3-5-14(6-4-12)26(22,23)19-8-7-16(21)25-11-15(20)18-10-13-2-1-9-24-13/h3-6,13,19H,1-2,7-11H2,(H,18,20)/t13-/m0/s1. The highest BCUT2D eigenvalue weighted by molar-refractivity contribution is 7.89. The molecule has 8 nitrogen and oxygen atoms in total. The molecule has 0 spiro atoms. The van der Waals surface area contributed by atoms with Crippen molar-refractivity contribution in [1.82, 2.24) is 10.0 Å². The average Bonchev–Trinajstić information content (AvgIpc) is 3.12. The van der Waals surface area contributed by atoms with Crippen molar-refractivity contribution in [2.24, 2.45) is 0 Å². The Morgan fingerprint density at radius 2 is 2.00 bits per heavy atom. The lowest BCUT2D eigenvalue weighted by Gasteiger charge is -2.11. The van der Waals surface area contributed by atoms with Crippen LogP contribution in [-0.2, 0) is 29.1 Å². The number of rotatable bonds is 9. The predicted octanol–water partition coefficient (Wildman–Crippen LogP) is 0.847. The number of halogens is 1. The van der Waals surface area contributed by atoms with Gasteiger partial charge in [0.05, 0.1) is 17.4 Å². The second-order valence-corrected chi connectivity index (χ2v) is 7.90. The molecule has 0 aromatic heterocycles. The monoisotopic (exact) mass is 404 g/mol. The van der Waals surface area contributed by atoms with Gasteiger partial charge < -0.3 is 14.8 Å². The van der Waals surface area contributed by atoms with Crippen molar-refractivity contribution >= 4 is 33.5 Å². The van der Waals surface area contributed by atoms with Crippen LogP contribution in [0.3, 0.4) is 0 Å². The summed E-state index contributed by atoms with van der Waals surface area (Å²) in [6.07, 6.45) is 1.69. The Balaban J connectivity index is 1.63. The number of carbonyl (C=O) groups is 2. The summed E-state index contributed by atoms with van der Waals surface area (Å²) in [7, 11) is -3.73. The van der Waals surface area contributed by atoms with E-state index in [2.05, 4.69) is 10.0 Å². The molecule has 1 saturated heterocycles. The van der Waals surface area contributed by atoms with Crippen LogP contribution in [0, 0.1) is 0 Å². The average molecular weight is 405 g/mol. The summed E-state index contributed by atoms with van der Waals surface area (Å²) >= 11 is 5.71. The zero-order chi connectivity index (χ0) is 19.0. The number of benzene rings is 1. The van der Waals surface area contributed by atoms with Crippen LogP contribution < -0.4 is 10.0 Å². The molecule has 0 unspecified atom stereocenters. The van der Waals surface area contributed by atoms with E-state index in [1.165, 1.54) is 24.3 Å². The van der Waals surface area contributed by atoms with Gasteiger partial charge in [0, 0.05) is 24.7 Å². The number of ether oxygens (including phenoxy) is 2. The largest absolute Gasteiger partial charge is 0.456 e. The minimum absolute atomic E-state index is 0.0110. The van der Waals surface area contributed by atoms with Crippen LogP contribution >= 0.6 is 11.6 Å². The van der Waals surface area contributed by atoms with E-state index in [0.29, 0.717) is 18.2 Å². The lowest BCUT2D eigenvalue weighted by molar-refractivity contribution is -0.148. The molecule has 1 fully saturated rings. The summed E-state index contributed by atoms with van der Waals surface area (Å²) in [4.78, 5) is 23.2. The van der Waals surface area contributed by atoms with E-state index in [0.717, 1.165) is 12.8 Å². The van der Waals surface area contributed by atoms with Crippen LogP contribution in [0.5, 0.6) is 0 Å². The first-order chi connectivity index (χ1) is 12.4. The van der Waals surface area contributed by atoms with E-state index in [1.807, 2.05) is 0 Å². The minimum Gasteiger partial charge on any atom is -0.456 e. The zero-order valence-corrected chi connectivity index (χ0v) is 15.6. The van der Waals surface area contributed by atoms with Crippen LogP contribution in [0.15, 0.2) is 29.2 Å². The van der Waals surface area contributed by atoms with E-state index < -0.39 is 28.5 Å². The quantitative estimate of drug-likeness (QED) is 0.590. The Morgan fingerprint density at radius 1 is 1.27 bits per heavy atom. The fraction of sp³-hybridized carbons (Fsp3) is 0.500. The van der Waals surface area contributed by atoms with E-state index in [9.17, 15) is 18.0 Å². The topological polar surface area (TPSA) is 111 Å². The maximum Gasteiger partial charge on any atom is 0.307 e. The van der Waals surface area contributed by atoms with Crippen LogP contribution in [0.25, 0.3) is 0 Å². The molecular formula is C16H21ClN2O6S. The summed E-state index contributed by atoms with van der Waals surface area (Å²) in [5.41, 5.74) is 0. The van der Waals surface area contributed by atoms with Gasteiger partial charge in [-0.1, -0.05) is 11.6 Å². The normalized spacial score (nSPS) is 17.0. The third kappa shape index (κ3) is 6.91. The number of sulfonamides is 1. The SMILES string of the molecule is O=C(COC(=O)CCNS(=O)(=O)c1ccc(Cl)cc1)NC[C@@H]1CCCO1. The highest BCUT2D eigenvalue weighted by Crippen LogP contribution is 2.13. The number of nitrogens with one attached hydrogen (secondary N) is 2. The summed E-state index contributed by atoms with van der Waals surface area (Å²) in [5, 5.41) is 3.04. The molecule has 1 amide bonds. The molecule has 2 N–H and O–H groups in total. The van der Waals surface area contributed by atoms with Crippen molar-refractivity contribution in [3.63, 3.8) is 0 Å². The molecule has 2 rings (SSSR count). The Bertz CT molecular complexity index is 717. The Morgan fingerprint density at radius 3 is 2.65 bits per heavy atom. The Labute approximate surface area is 157 Å². The lowest BCUT2D eigenvalue weighted by atomic mass is 10.2. The first-order valence-corrected chi connectivity index (χ1v) is 10.0. The van der Waals surface area contributed by atoms with Gasteiger partial charge in [0.15, 0.2) is 6.61 Å². The van der Waals surface area contributed by atoms with Crippen molar-refractivity contribution in [1.29, 1.82) is 0 Å². The second kappa shape index (κ2) is 9.86. The van der Waals surface area contributed by atoms with Gasteiger partial charge in [-0.05, 0) is 37.1 Å². The van der Waals surface area contributed by atoms with Crippen molar-refractivity contribution in [3.05, 3.63) is 29.3 Å². The molecular weight excluding hydrogens is 384 g/mol. The van der Waals surface area contributed by atoms with E-state index in [4.69, 9.17) is 21.1 Å². The fourth-order valence-electron chi connectivity index (χ4n) is 2.29. The molecule has 1 atom stereocenters. The van der Waals surface area contributed by atoms with E-state index in [1.54, 1.807) is 0 Å². The predicted molar refractivity (Wildman–Crippen MR) is 94.2 cm³/mol. The second-order valence-electron chi connectivity index (χ2n) is 5.70. The van der Waals surface area contributed by atoms with Gasteiger partial charge >= 0.3 is 5.97 Å². The highest BCUT2D eigenvalue weighted by Gasteiger charge is 2.17. The van der Waals surface area contributed by atoms with Gasteiger partial charge in [-0.2, -0.15) is 0 Å². The van der Waals surface area contributed by atoms with Crippen molar-refractivity contribution in [2.75, 3.05) is 26.3 Å². The van der Waals surface area contributed by atoms with Crippen LogP contribution in [-0.4, -0.2) is 52.7 Å². The Kier molecular flexibility index (Phi) is 7.83. The highest BCUT2D eigenvalue weighted by atomic mass is 35.5. The van der Waals surface area contributed by atoms with Crippen molar-refractivity contribution in [2.45, 2.75) is 30.3 Å². The minimum atomic E-state index is -3.73. The molecule has 1 aromatic rings. The molecule has 0 aliphatic carbocycles. The molecule has 144 valence electrons. The van der Waals surface area contributed by atoms with Gasteiger partial charge in [0.1, 0.15) is 0 Å². The van der Waals surface area contributed by atoms with E-state index >= 15 is 0 Å². The number of esters is 1. The Hall–Kier alpha value is -1.68. The zero-order valence-electron chi connectivity index (χ0n) is 14.1. The third-order valence-corrected chi connectivity index (χ3v) is 5.39. The molecule has 1 aromatic carbocycles. The smallest absolute Gasteiger partial charge is 0.307 e. The number of carbonyl (C=O) groups excluding carboxylic acids is 2.